The fraction of sp³-hybridized carbons (Fsp3) is 0.600. The monoisotopic (exact) mass is 210 g/mol. The SMILES string of the molecule is CN1CCC2=C(C1)C(C(=O)O)CC(=O)N2. The molecular weight excluding hydrogens is 196 g/mol. The van der Waals surface area contributed by atoms with Crippen LogP contribution in [0.25, 0.3) is 0 Å². The molecule has 0 aromatic heterocycles. The van der Waals surface area contributed by atoms with Crippen LogP contribution in [0.3, 0.4) is 0 Å². The molecule has 15 heavy (non-hydrogen) atoms. The summed E-state index contributed by atoms with van der Waals surface area (Å²) >= 11 is 0. The molecule has 0 aromatic rings. The topological polar surface area (TPSA) is 69.6 Å². The number of amides is 1. The standard InChI is InChI=1S/C10H14N2O3/c1-12-3-2-8-7(5-12)6(10(14)15)4-9(13)11-8/h6H,2-5H2,1H3,(H,11,13)(H,14,15). The van der Waals surface area contributed by atoms with Gasteiger partial charge in [-0.3, -0.25) is 9.59 Å². The van der Waals surface area contributed by atoms with Crippen molar-refractivity contribution in [3.05, 3.63) is 11.3 Å². The van der Waals surface area contributed by atoms with Crippen LogP contribution in [0.1, 0.15) is 12.8 Å². The van der Waals surface area contributed by atoms with Gasteiger partial charge in [0.2, 0.25) is 5.91 Å². The Bertz CT molecular complexity index is 349. The molecule has 2 aliphatic heterocycles. The Labute approximate surface area is 87.7 Å². The minimum Gasteiger partial charge on any atom is -0.481 e. The molecule has 2 aliphatic rings. The third kappa shape index (κ3) is 1.87. The summed E-state index contributed by atoms with van der Waals surface area (Å²) in [6.45, 7) is 1.51. The van der Waals surface area contributed by atoms with E-state index in [0.717, 1.165) is 24.2 Å². The lowest BCUT2D eigenvalue weighted by atomic mass is 9.87. The van der Waals surface area contributed by atoms with Gasteiger partial charge in [-0.15, -0.1) is 0 Å². The highest BCUT2D eigenvalue weighted by atomic mass is 16.4. The molecule has 1 unspecified atom stereocenters. The molecule has 0 aromatic carbocycles. The summed E-state index contributed by atoms with van der Waals surface area (Å²) in [6, 6.07) is 0. The first-order valence-corrected chi connectivity index (χ1v) is 5.01. The van der Waals surface area contributed by atoms with Gasteiger partial charge in [-0.05, 0) is 12.6 Å². The summed E-state index contributed by atoms with van der Waals surface area (Å²) in [5, 5.41) is 11.8. The van der Waals surface area contributed by atoms with Crippen LogP contribution in [-0.2, 0) is 9.59 Å². The van der Waals surface area contributed by atoms with Gasteiger partial charge in [0.15, 0.2) is 0 Å². The maximum Gasteiger partial charge on any atom is 0.311 e. The third-order valence-corrected chi connectivity index (χ3v) is 2.97. The van der Waals surface area contributed by atoms with Gasteiger partial charge in [0, 0.05) is 31.6 Å². The van der Waals surface area contributed by atoms with Crippen LogP contribution in [0.2, 0.25) is 0 Å². The van der Waals surface area contributed by atoms with Crippen LogP contribution >= 0.6 is 0 Å². The number of hydrogen-bond donors (Lipinski definition) is 2. The van der Waals surface area contributed by atoms with Crippen LogP contribution in [0.5, 0.6) is 0 Å². The van der Waals surface area contributed by atoms with Crippen LogP contribution in [0.15, 0.2) is 11.3 Å². The second-order valence-corrected chi connectivity index (χ2v) is 4.13. The summed E-state index contributed by atoms with van der Waals surface area (Å²) < 4.78 is 0. The molecule has 1 atom stereocenters. The van der Waals surface area contributed by atoms with Crippen molar-refractivity contribution in [3.8, 4) is 0 Å². The van der Waals surface area contributed by atoms with Crippen LogP contribution in [0.4, 0.5) is 0 Å². The summed E-state index contributed by atoms with van der Waals surface area (Å²) in [6.07, 6.45) is 0.809. The van der Waals surface area contributed by atoms with E-state index in [1.165, 1.54) is 0 Å². The van der Waals surface area contributed by atoms with Crippen LogP contribution in [0, 0.1) is 5.92 Å². The fourth-order valence-electron chi connectivity index (χ4n) is 2.16. The number of carbonyl (C=O) groups is 2. The number of likely N-dealkylation sites (N-methyl/N-ethyl adjacent to an activating group) is 1. The summed E-state index contributed by atoms with van der Waals surface area (Å²) in [7, 11) is 1.96. The summed E-state index contributed by atoms with van der Waals surface area (Å²) in [5.74, 6) is -1.70. The number of rotatable bonds is 1. The largest absolute Gasteiger partial charge is 0.481 e. The zero-order valence-electron chi connectivity index (χ0n) is 8.62. The molecule has 0 spiro atoms. The Balaban J connectivity index is 2.32. The molecule has 0 saturated carbocycles. The first-order valence-electron chi connectivity index (χ1n) is 5.01. The fourth-order valence-corrected chi connectivity index (χ4v) is 2.16. The second-order valence-electron chi connectivity index (χ2n) is 4.13. The van der Waals surface area contributed by atoms with Gasteiger partial charge in [0.25, 0.3) is 0 Å². The molecule has 1 amide bonds. The predicted octanol–water partition coefficient (Wildman–Crippen LogP) is -0.203. The summed E-state index contributed by atoms with van der Waals surface area (Å²) in [4.78, 5) is 24.4. The van der Waals surface area contributed by atoms with Crippen molar-refractivity contribution in [1.29, 1.82) is 0 Å². The van der Waals surface area contributed by atoms with E-state index in [2.05, 4.69) is 10.2 Å². The van der Waals surface area contributed by atoms with Crippen molar-refractivity contribution in [2.75, 3.05) is 20.1 Å². The molecule has 0 fully saturated rings. The van der Waals surface area contributed by atoms with Gasteiger partial charge in [-0.2, -0.15) is 0 Å². The van der Waals surface area contributed by atoms with E-state index in [1.54, 1.807) is 0 Å². The lowest BCUT2D eigenvalue weighted by Gasteiger charge is -2.33. The van der Waals surface area contributed by atoms with Crippen molar-refractivity contribution >= 4 is 11.9 Å². The van der Waals surface area contributed by atoms with Crippen molar-refractivity contribution in [2.24, 2.45) is 5.92 Å². The number of aliphatic carboxylic acids is 1. The van der Waals surface area contributed by atoms with Crippen LogP contribution in [-0.4, -0.2) is 42.0 Å². The average molecular weight is 210 g/mol. The second kappa shape index (κ2) is 3.66. The molecule has 0 bridgehead atoms. The minimum absolute atomic E-state index is 0.0714. The minimum atomic E-state index is -0.896. The van der Waals surface area contributed by atoms with E-state index in [1.807, 2.05) is 7.05 Å². The summed E-state index contributed by atoms with van der Waals surface area (Å²) in [5.41, 5.74) is 1.70. The number of hydrogen-bond acceptors (Lipinski definition) is 3. The maximum absolute atomic E-state index is 11.3. The Hall–Kier alpha value is -1.36. The van der Waals surface area contributed by atoms with Crippen molar-refractivity contribution < 1.29 is 14.7 Å². The number of carboxylic acids is 1. The van der Waals surface area contributed by atoms with Crippen molar-refractivity contribution in [2.45, 2.75) is 12.8 Å². The van der Waals surface area contributed by atoms with E-state index in [-0.39, 0.29) is 12.3 Å². The highest BCUT2D eigenvalue weighted by molar-refractivity contribution is 5.87. The lowest BCUT2D eigenvalue weighted by Crippen LogP contribution is -2.43. The Kier molecular flexibility index (Phi) is 2.48. The number of nitrogens with one attached hydrogen (secondary N) is 1. The Morgan fingerprint density at radius 1 is 1.60 bits per heavy atom. The highest BCUT2D eigenvalue weighted by Gasteiger charge is 2.34. The molecule has 5 nitrogen and oxygen atoms in total. The Morgan fingerprint density at radius 2 is 2.33 bits per heavy atom. The molecule has 0 saturated heterocycles. The average Bonchev–Trinajstić information content (AvgIpc) is 2.17. The lowest BCUT2D eigenvalue weighted by molar-refractivity contribution is -0.143. The molecule has 0 radical (unpaired) electrons. The van der Waals surface area contributed by atoms with Crippen molar-refractivity contribution in [3.63, 3.8) is 0 Å². The predicted molar refractivity (Wildman–Crippen MR) is 53.0 cm³/mol. The molecule has 2 rings (SSSR count). The van der Waals surface area contributed by atoms with Gasteiger partial charge in [0.1, 0.15) is 0 Å². The smallest absolute Gasteiger partial charge is 0.311 e. The van der Waals surface area contributed by atoms with Gasteiger partial charge < -0.3 is 15.3 Å². The zero-order valence-corrected chi connectivity index (χ0v) is 8.62. The molecule has 2 heterocycles. The van der Waals surface area contributed by atoms with E-state index in [0.29, 0.717) is 6.54 Å². The molecular formula is C10H14N2O3. The van der Waals surface area contributed by atoms with E-state index < -0.39 is 11.9 Å². The number of carboxylic acid groups (broad SMARTS) is 1. The first-order chi connectivity index (χ1) is 7.08. The molecule has 0 aliphatic carbocycles. The van der Waals surface area contributed by atoms with Gasteiger partial charge in [-0.25, -0.2) is 0 Å². The van der Waals surface area contributed by atoms with E-state index >= 15 is 0 Å². The Morgan fingerprint density at radius 3 is 3.00 bits per heavy atom. The molecule has 82 valence electrons. The van der Waals surface area contributed by atoms with E-state index in [9.17, 15) is 9.59 Å². The van der Waals surface area contributed by atoms with Crippen molar-refractivity contribution in [1.82, 2.24) is 10.2 Å². The van der Waals surface area contributed by atoms with Crippen LogP contribution < -0.4 is 5.32 Å². The molecule has 2 N–H and O–H groups in total. The van der Waals surface area contributed by atoms with Gasteiger partial charge in [-0.1, -0.05) is 0 Å². The highest BCUT2D eigenvalue weighted by Crippen LogP contribution is 2.28. The number of nitrogens with zero attached hydrogens (tertiary/aromatic N) is 1. The normalized spacial score (nSPS) is 27.3. The van der Waals surface area contributed by atoms with Gasteiger partial charge in [0.05, 0.1) is 5.92 Å². The first kappa shape index (κ1) is 10.2. The molecule has 5 heteroatoms. The zero-order chi connectivity index (χ0) is 11.0. The quantitative estimate of drug-likeness (QED) is 0.628. The number of carbonyl (C=O) groups excluding carboxylic acids is 1. The van der Waals surface area contributed by atoms with Gasteiger partial charge >= 0.3 is 5.97 Å². The van der Waals surface area contributed by atoms with E-state index in [4.69, 9.17) is 5.11 Å². The maximum atomic E-state index is 11.3. The third-order valence-electron chi connectivity index (χ3n) is 2.97.